The number of ether oxygens (including phenoxy) is 1. The molecule has 1 saturated heterocycles. The molecule has 2 bridgehead atoms. The lowest BCUT2D eigenvalue weighted by molar-refractivity contribution is 0.296. The molecule has 36 heavy (non-hydrogen) atoms. The first kappa shape index (κ1) is 27.0. The van der Waals surface area contributed by atoms with Gasteiger partial charge in [-0.05, 0) is 54.2 Å². The van der Waals surface area contributed by atoms with Gasteiger partial charge in [-0.2, -0.15) is 0 Å². The number of para-hydroxylation sites is 1. The normalized spacial score (nSPS) is 28.2. The Morgan fingerprint density at radius 1 is 0.833 bits per heavy atom. The van der Waals surface area contributed by atoms with E-state index in [9.17, 15) is 0 Å². The van der Waals surface area contributed by atoms with Gasteiger partial charge in [-0.1, -0.05) is 85.3 Å². The Labute approximate surface area is 228 Å². The molecule has 2 saturated carbocycles. The van der Waals surface area contributed by atoms with E-state index in [2.05, 4.69) is 95.6 Å². The number of hydrogen-bond acceptors (Lipinski definition) is 3. The molecule has 4 unspecified atom stereocenters. The zero-order valence-electron chi connectivity index (χ0n) is 20.9. The third kappa shape index (κ3) is 5.31. The maximum atomic E-state index is 5.67. The maximum absolute atomic E-state index is 5.67. The highest BCUT2D eigenvalue weighted by Crippen LogP contribution is 2.59. The molecule has 3 aromatic carbocycles. The third-order valence-electron chi connectivity index (χ3n) is 8.67. The summed E-state index contributed by atoms with van der Waals surface area (Å²) in [5, 5.41) is 8.31. The predicted molar refractivity (Wildman–Crippen MR) is 152 cm³/mol. The van der Waals surface area contributed by atoms with Crippen molar-refractivity contribution < 1.29 is 4.74 Å². The van der Waals surface area contributed by atoms with Gasteiger partial charge in [-0.3, -0.25) is 0 Å². The molecule has 2 aliphatic carbocycles. The van der Waals surface area contributed by atoms with Crippen LogP contribution in [0.3, 0.4) is 0 Å². The molecule has 3 aromatic rings. The number of benzene rings is 3. The van der Waals surface area contributed by atoms with E-state index in [1.165, 1.54) is 42.4 Å². The number of fused-ring (bicyclic) bond motifs is 2. The Hall–Kier alpha value is -2.04. The minimum Gasteiger partial charge on any atom is -0.496 e. The molecule has 1 heterocycles. The molecule has 3 aliphatic rings. The van der Waals surface area contributed by atoms with Gasteiger partial charge in [0.2, 0.25) is 0 Å². The van der Waals surface area contributed by atoms with Gasteiger partial charge in [0.15, 0.2) is 0 Å². The fraction of sp³-hybridized carbons (Fsp3) is 0.419. The van der Waals surface area contributed by atoms with Gasteiger partial charge in [-0.25, -0.2) is 0 Å². The van der Waals surface area contributed by atoms with Crippen LogP contribution in [0.15, 0.2) is 84.9 Å². The molecule has 3 fully saturated rings. The second-order valence-corrected chi connectivity index (χ2v) is 10.5. The quantitative estimate of drug-likeness (QED) is 0.365. The van der Waals surface area contributed by atoms with E-state index >= 15 is 0 Å². The highest BCUT2D eigenvalue weighted by molar-refractivity contribution is 5.85. The van der Waals surface area contributed by atoms with Crippen LogP contribution in [0.25, 0.3) is 0 Å². The highest BCUT2D eigenvalue weighted by Gasteiger charge is 2.59. The number of rotatable bonds is 7. The van der Waals surface area contributed by atoms with Gasteiger partial charge in [-0.15, -0.1) is 24.8 Å². The van der Waals surface area contributed by atoms with Crippen LogP contribution in [0.4, 0.5) is 0 Å². The maximum Gasteiger partial charge on any atom is 0.123 e. The Bertz CT molecular complexity index is 1060. The SMILES string of the molecule is COc1ccccc1CNC1C(C(c2ccccc2)c2ccccc2)NC2CCC[C@H]3C(C2)[C@@H]13.Cl.Cl. The summed E-state index contributed by atoms with van der Waals surface area (Å²) < 4.78 is 5.67. The van der Waals surface area contributed by atoms with Crippen molar-refractivity contribution in [3.63, 3.8) is 0 Å². The predicted octanol–water partition coefficient (Wildman–Crippen LogP) is 6.61. The first-order valence-electron chi connectivity index (χ1n) is 13.0. The van der Waals surface area contributed by atoms with E-state index < -0.39 is 0 Å². The largest absolute Gasteiger partial charge is 0.496 e. The summed E-state index contributed by atoms with van der Waals surface area (Å²) in [6, 6.07) is 32.1. The molecule has 6 atom stereocenters. The van der Waals surface area contributed by atoms with E-state index in [0.717, 1.165) is 30.0 Å². The zero-order chi connectivity index (χ0) is 22.9. The summed E-state index contributed by atoms with van der Waals surface area (Å²) in [7, 11) is 1.77. The van der Waals surface area contributed by atoms with E-state index in [1.807, 2.05) is 0 Å². The van der Waals surface area contributed by atoms with Crippen LogP contribution in [-0.2, 0) is 6.54 Å². The van der Waals surface area contributed by atoms with Crippen LogP contribution in [0.5, 0.6) is 5.75 Å². The molecule has 0 amide bonds. The number of nitrogens with one attached hydrogen (secondary N) is 2. The van der Waals surface area contributed by atoms with E-state index in [0.29, 0.717) is 24.0 Å². The fourth-order valence-corrected chi connectivity index (χ4v) is 7.13. The van der Waals surface area contributed by atoms with Crippen molar-refractivity contribution in [3.8, 4) is 5.75 Å². The van der Waals surface area contributed by atoms with Crippen molar-refractivity contribution >= 4 is 24.8 Å². The lowest BCUT2D eigenvalue weighted by atomic mass is 9.80. The molecule has 0 aromatic heterocycles. The van der Waals surface area contributed by atoms with Crippen molar-refractivity contribution in [2.75, 3.05) is 7.11 Å². The molecule has 1 aliphatic heterocycles. The number of hydrogen-bond donors (Lipinski definition) is 2. The lowest BCUT2D eigenvalue weighted by Crippen LogP contribution is -2.54. The molecule has 0 radical (unpaired) electrons. The van der Waals surface area contributed by atoms with Crippen LogP contribution < -0.4 is 15.4 Å². The number of methoxy groups -OCH3 is 1. The van der Waals surface area contributed by atoms with E-state index in [4.69, 9.17) is 4.74 Å². The Morgan fingerprint density at radius 2 is 1.47 bits per heavy atom. The molecular formula is C31H38Cl2N2O. The van der Waals surface area contributed by atoms with Gasteiger partial charge in [0.25, 0.3) is 0 Å². The average molecular weight is 526 g/mol. The molecule has 5 heteroatoms. The van der Waals surface area contributed by atoms with Crippen LogP contribution in [0, 0.1) is 17.8 Å². The Morgan fingerprint density at radius 3 is 2.14 bits per heavy atom. The molecule has 192 valence electrons. The second-order valence-electron chi connectivity index (χ2n) is 10.5. The number of halogens is 2. The molecule has 6 rings (SSSR count). The summed E-state index contributed by atoms with van der Waals surface area (Å²) in [6.45, 7) is 0.837. The van der Waals surface area contributed by atoms with Crippen molar-refractivity contribution in [3.05, 3.63) is 102 Å². The molecular weight excluding hydrogens is 487 g/mol. The summed E-state index contributed by atoms with van der Waals surface area (Å²) in [6.07, 6.45) is 5.41. The monoisotopic (exact) mass is 524 g/mol. The molecule has 2 N–H and O–H groups in total. The Kier molecular flexibility index (Phi) is 9.00. The van der Waals surface area contributed by atoms with Crippen molar-refractivity contribution in [1.82, 2.24) is 10.6 Å². The van der Waals surface area contributed by atoms with Crippen LogP contribution in [0.2, 0.25) is 0 Å². The van der Waals surface area contributed by atoms with Crippen molar-refractivity contribution in [2.45, 2.75) is 56.3 Å². The lowest BCUT2D eigenvalue weighted by Gasteiger charge is -2.37. The summed E-state index contributed by atoms with van der Waals surface area (Å²) in [5.41, 5.74) is 4.05. The minimum absolute atomic E-state index is 0. The van der Waals surface area contributed by atoms with Crippen LogP contribution >= 0.6 is 24.8 Å². The van der Waals surface area contributed by atoms with Crippen molar-refractivity contribution in [1.29, 1.82) is 0 Å². The molecule has 3 nitrogen and oxygen atoms in total. The topological polar surface area (TPSA) is 33.3 Å². The van der Waals surface area contributed by atoms with Crippen molar-refractivity contribution in [2.24, 2.45) is 17.8 Å². The van der Waals surface area contributed by atoms with Gasteiger partial charge < -0.3 is 15.4 Å². The summed E-state index contributed by atoms with van der Waals surface area (Å²) in [4.78, 5) is 0. The summed E-state index contributed by atoms with van der Waals surface area (Å²) in [5.74, 6) is 3.80. The standard InChI is InChI=1S/C31H36N2O.2ClH/c1-34-27-18-9-8-15-23(27)20-32-30-29-25-17-10-16-24(19-26(25)29)33-31(30)28(21-11-4-2-5-12-21)22-13-6-3-7-14-22;;/h2-9,11-15,18,24-26,28-33H,10,16-17,19-20H2,1H3;2*1H/t24?,25-,26?,29-,30?,31?;;/m0../s1. The van der Waals surface area contributed by atoms with Gasteiger partial charge in [0, 0.05) is 36.2 Å². The molecule has 0 spiro atoms. The Balaban J connectivity index is 0.00000152. The zero-order valence-corrected chi connectivity index (χ0v) is 22.5. The van der Waals surface area contributed by atoms with E-state index in [1.54, 1.807) is 7.11 Å². The average Bonchev–Trinajstić information content (AvgIpc) is 3.61. The smallest absolute Gasteiger partial charge is 0.123 e. The third-order valence-corrected chi connectivity index (χ3v) is 8.67. The van der Waals surface area contributed by atoms with E-state index in [-0.39, 0.29) is 24.8 Å². The van der Waals surface area contributed by atoms with Crippen LogP contribution in [-0.4, -0.2) is 25.2 Å². The van der Waals surface area contributed by atoms with Gasteiger partial charge in [0.1, 0.15) is 5.75 Å². The second kappa shape index (κ2) is 12.0. The minimum atomic E-state index is 0. The van der Waals surface area contributed by atoms with Gasteiger partial charge in [0.05, 0.1) is 7.11 Å². The first-order valence-corrected chi connectivity index (χ1v) is 13.0. The fourth-order valence-electron chi connectivity index (χ4n) is 7.13. The highest BCUT2D eigenvalue weighted by atomic mass is 35.5. The first-order chi connectivity index (χ1) is 16.8. The van der Waals surface area contributed by atoms with Crippen LogP contribution in [0.1, 0.15) is 48.3 Å². The van der Waals surface area contributed by atoms with Gasteiger partial charge >= 0.3 is 0 Å². The summed E-state index contributed by atoms with van der Waals surface area (Å²) >= 11 is 0.